The zero-order chi connectivity index (χ0) is 14.8. The van der Waals surface area contributed by atoms with Crippen molar-refractivity contribution in [3.05, 3.63) is 35.9 Å². The number of nitrogens with one attached hydrogen (secondary N) is 1. The van der Waals surface area contributed by atoms with Crippen molar-refractivity contribution in [1.82, 2.24) is 5.32 Å². The standard InChI is InChI=1S/C9H9NO3.C4H8O2.Na/c11-8(12)6-10-9(13)7-4-2-1-3-5-7;1-3(5)4(2)6;/h1-5H,6H2,(H,10,13)(H,11,12);3,5H,1-2H3;/q;;+1/p-1. The molecule has 1 amide bonds. The van der Waals surface area contributed by atoms with Crippen molar-refractivity contribution in [2.45, 2.75) is 20.0 Å². The average Bonchev–Trinajstić information content (AvgIpc) is 2.37. The molecule has 0 saturated heterocycles. The normalized spacial score (nSPS) is 10.2. The first-order valence-corrected chi connectivity index (χ1v) is 5.56. The van der Waals surface area contributed by atoms with E-state index in [2.05, 4.69) is 5.32 Å². The van der Waals surface area contributed by atoms with Crippen LogP contribution >= 0.6 is 0 Å². The summed E-state index contributed by atoms with van der Waals surface area (Å²) in [4.78, 5) is 31.0. The van der Waals surface area contributed by atoms with Crippen molar-refractivity contribution in [3.8, 4) is 0 Å². The molecule has 1 aromatic rings. The molecule has 0 aliphatic heterocycles. The number of carbonyl (C=O) groups excluding carboxylic acids is 3. The predicted octanol–water partition coefficient (Wildman–Crippen LogP) is -3.87. The van der Waals surface area contributed by atoms with Gasteiger partial charge in [0.05, 0.1) is 12.5 Å². The number of ketones is 1. The van der Waals surface area contributed by atoms with Gasteiger partial charge in [-0.1, -0.05) is 18.2 Å². The molecule has 0 heterocycles. The number of hydrogen-bond acceptors (Lipinski definition) is 5. The number of benzene rings is 1. The van der Waals surface area contributed by atoms with Gasteiger partial charge in [-0.3, -0.25) is 9.59 Å². The third kappa shape index (κ3) is 10.7. The Hall–Kier alpha value is -1.21. The number of carbonyl (C=O) groups is 3. The van der Waals surface area contributed by atoms with E-state index < -0.39 is 24.5 Å². The van der Waals surface area contributed by atoms with Crippen molar-refractivity contribution in [3.63, 3.8) is 0 Å². The Kier molecular flexibility index (Phi) is 12.2. The van der Waals surface area contributed by atoms with Gasteiger partial charge in [-0.15, -0.1) is 0 Å². The van der Waals surface area contributed by atoms with Gasteiger partial charge in [0, 0.05) is 5.56 Å². The van der Waals surface area contributed by atoms with E-state index in [1.807, 2.05) is 0 Å². The molecule has 0 aromatic heterocycles. The first kappa shape index (κ1) is 21.1. The zero-order valence-corrected chi connectivity index (χ0v) is 13.8. The Morgan fingerprint density at radius 2 is 1.70 bits per heavy atom. The van der Waals surface area contributed by atoms with Crippen LogP contribution in [0, 0.1) is 0 Å². The first-order valence-electron chi connectivity index (χ1n) is 5.56. The molecular weight excluding hydrogens is 273 g/mol. The van der Waals surface area contributed by atoms with E-state index in [0.717, 1.165) is 0 Å². The molecule has 0 spiro atoms. The van der Waals surface area contributed by atoms with Gasteiger partial charge < -0.3 is 20.3 Å². The SMILES string of the molecule is CC(=O)C(C)O.O=C([O-])CNC(=O)c1ccccc1.[Na+]. The molecule has 1 aromatic carbocycles. The Balaban J connectivity index is 0. The number of rotatable bonds is 4. The minimum absolute atomic E-state index is 0. The number of aliphatic hydroxyl groups is 1. The number of aliphatic carboxylic acids is 1. The summed E-state index contributed by atoms with van der Waals surface area (Å²) < 4.78 is 0. The summed E-state index contributed by atoms with van der Waals surface area (Å²) in [6.45, 7) is 2.33. The molecule has 1 atom stereocenters. The maximum atomic E-state index is 11.1. The van der Waals surface area contributed by atoms with Crippen LogP contribution in [0.4, 0.5) is 0 Å². The molecule has 7 heteroatoms. The van der Waals surface area contributed by atoms with Crippen molar-refractivity contribution >= 4 is 17.7 Å². The second-order valence-electron chi connectivity index (χ2n) is 3.71. The third-order valence-corrected chi connectivity index (χ3v) is 2.02. The molecule has 6 nitrogen and oxygen atoms in total. The van der Waals surface area contributed by atoms with Crippen LogP contribution in [-0.4, -0.2) is 35.4 Å². The molecule has 0 aliphatic rings. The molecule has 0 aliphatic carbocycles. The van der Waals surface area contributed by atoms with Crippen LogP contribution < -0.4 is 40.0 Å². The topological polar surface area (TPSA) is 107 Å². The fourth-order valence-electron chi connectivity index (χ4n) is 0.844. The summed E-state index contributed by atoms with van der Waals surface area (Å²) in [7, 11) is 0. The van der Waals surface area contributed by atoms with E-state index in [0.29, 0.717) is 5.56 Å². The number of aliphatic hydroxyl groups excluding tert-OH is 1. The molecule has 1 rings (SSSR count). The zero-order valence-electron chi connectivity index (χ0n) is 11.8. The first-order chi connectivity index (χ1) is 8.84. The molecule has 2 N–H and O–H groups in total. The van der Waals surface area contributed by atoms with Gasteiger partial charge in [0.25, 0.3) is 5.91 Å². The van der Waals surface area contributed by atoms with Crippen molar-refractivity contribution in [1.29, 1.82) is 0 Å². The number of hydrogen-bond donors (Lipinski definition) is 2. The Morgan fingerprint density at radius 1 is 1.25 bits per heavy atom. The Labute approximate surface area is 139 Å². The summed E-state index contributed by atoms with van der Waals surface area (Å²) in [6, 6.07) is 8.38. The van der Waals surface area contributed by atoms with Crippen LogP contribution in [0.2, 0.25) is 0 Å². The van der Waals surface area contributed by atoms with Crippen molar-refractivity contribution < 1.29 is 54.2 Å². The second-order valence-corrected chi connectivity index (χ2v) is 3.71. The minimum Gasteiger partial charge on any atom is -0.548 e. The molecule has 104 valence electrons. The van der Waals surface area contributed by atoms with Crippen LogP contribution in [0.3, 0.4) is 0 Å². The number of Topliss-reactive ketones (excluding diaryl/α,β-unsaturated/α-hetero) is 1. The average molecular weight is 289 g/mol. The van der Waals surface area contributed by atoms with Crippen molar-refractivity contribution in [2.24, 2.45) is 0 Å². The number of carboxylic acid groups (broad SMARTS) is 1. The van der Waals surface area contributed by atoms with E-state index in [9.17, 15) is 19.5 Å². The van der Waals surface area contributed by atoms with Gasteiger partial charge in [-0.25, -0.2) is 0 Å². The maximum Gasteiger partial charge on any atom is 1.00 e. The van der Waals surface area contributed by atoms with Gasteiger partial charge in [0.1, 0.15) is 6.10 Å². The van der Waals surface area contributed by atoms with Gasteiger partial charge in [0.2, 0.25) is 0 Å². The monoisotopic (exact) mass is 289 g/mol. The molecule has 0 fully saturated rings. The van der Waals surface area contributed by atoms with Gasteiger partial charge >= 0.3 is 29.6 Å². The molecule has 0 radical (unpaired) electrons. The van der Waals surface area contributed by atoms with Crippen LogP contribution in [0.15, 0.2) is 30.3 Å². The van der Waals surface area contributed by atoms with E-state index in [1.54, 1.807) is 30.3 Å². The second kappa shape index (κ2) is 11.6. The third-order valence-electron chi connectivity index (χ3n) is 2.02. The summed E-state index contributed by atoms with van der Waals surface area (Å²) in [5.41, 5.74) is 0.434. The van der Waals surface area contributed by atoms with Crippen molar-refractivity contribution in [2.75, 3.05) is 6.54 Å². The van der Waals surface area contributed by atoms with Crippen LogP contribution in [0.5, 0.6) is 0 Å². The molecule has 0 saturated carbocycles. The minimum atomic E-state index is -1.30. The molecule has 20 heavy (non-hydrogen) atoms. The largest absolute Gasteiger partial charge is 1.00 e. The van der Waals surface area contributed by atoms with Crippen LogP contribution in [0.25, 0.3) is 0 Å². The quantitative estimate of drug-likeness (QED) is 0.552. The molecule has 1 unspecified atom stereocenters. The van der Waals surface area contributed by atoms with Gasteiger partial charge in [-0.2, -0.15) is 0 Å². The maximum absolute atomic E-state index is 11.1. The summed E-state index contributed by atoms with van der Waals surface area (Å²) >= 11 is 0. The van der Waals surface area contributed by atoms with E-state index in [1.165, 1.54) is 13.8 Å². The summed E-state index contributed by atoms with van der Waals surface area (Å²) in [5.74, 6) is -1.90. The van der Waals surface area contributed by atoms with Gasteiger partial charge in [0.15, 0.2) is 5.78 Å². The number of carboxylic acids is 1. The molecule has 0 bridgehead atoms. The fraction of sp³-hybridized carbons (Fsp3) is 0.308. The number of amides is 1. The van der Waals surface area contributed by atoms with Gasteiger partial charge in [-0.05, 0) is 26.0 Å². The fourth-order valence-corrected chi connectivity index (χ4v) is 0.844. The summed E-state index contributed by atoms with van der Waals surface area (Å²) in [5, 5.41) is 20.5. The van der Waals surface area contributed by atoms with Crippen LogP contribution in [-0.2, 0) is 9.59 Å². The molecular formula is C13H16NNaO5. The smallest absolute Gasteiger partial charge is 0.548 e. The van der Waals surface area contributed by atoms with E-state index >= 15 is 0 Å². The van der Waals surface area contributed by atoms with E-state index in [-0.39, 0.29) is 35.3 Å². The Morgan fingerprint density at radius 3 is 2.05 bits per heavy atom. The van der Waals surface area contributed by atoms with Crippen LogP contribution in [0.1, 0.15) is 24.2 Å². The Bertz CT molecular complexity index is 434. The summed E-state index contributed by atoms with van der Waals surface area (Å²) in [6.07, 6.45) is -0.787. The van der Waals surface area contributed by atoms with E-state index in [4.69, 9.17) is 5.11 Å². The predicted molar refractivity (Wildman–Crippen MR) is 66.1 cm³/mol.